The van der Waals surface area contributed by atoms with E-state index in [1.54, 1.807) is 50.3 Å². The number of carboxylic acid groups (broad SMARTS) is 1. The molecule has 4 N–H and O–H groups in total. The Labute approximate surface area is 694 Å². The number of phenols is 3. The molecule has 4 aliphatic carbocycles. The van der Waals surface area contributed by atoms with Gasteiger partial charge in [-0.2, -0.15) is 38.4 Å². The van der Waals surface area contributed by atoms with Crippen molar-refractivity contribution in [2.75, 3.05) is 19.6 Å². The Morgan fingerprint density at radius 1 is 0.470 bits per heavy atom. The maximum atomic E-state index is 12.1. The zero-order valence-corrected chi connectivity index (χ0v) is 74.4. The van der Waals surface area contributed by atoms with Gasteiger partial charge < -0.3 is 25.3 Å². The summed E-state index contributed by atoms with van der Waals surface area (Å²) < 4.78 is 0. The Bertz CT molecular complexity index is 3600. The van der Waals surface area contributed by atoms with Gasteiger partial charge in [0.05, 0.1) is 0 Å². The second-order valence-corrected chi connectivity index (χ2v) is 36.5. The summed E-state index contributed by atoms with van der Waals surface area (Å²) in [5.74, 6) is 14.6. The Morgan fingerprint density at radius 3 is 1.21 bits per heavy atom. The summed E-state index contributed by atoms with van der Waals surface area (Å²) in [7, 11) is 0. The van der Waals surface area contributed by atoms with Crippen LogP contribution in [0.5, 0.6) is 17.2 Å². The summed E-state index contributed by atoms with van der Waals surface area (Å²) in [6.07, 6.45) is 20.8. The van der Waals surface area contributed by atoms with E-state index in [2.05, 4.69) is 204 Å². The molecule has 0 spiro atoms. The van der Waals surface area contributed by atoms with Crippen molar-refractivity contribution in [1.29, 1.82) is 0 Å². The lowest BCUT2D eigenvalue weighted by molar-refractivity contribution is -0.193. The summed E-state index contributed by atoms with van der Waals surface area (Å²) in [5, 5.41) is 37.4. The Morgan fingerprint density at radius 2 is 0.904 bits per heavy atom. The highest BCUT2D eigenvalue weighted by molar-refractivity contribution is 5.86. The molecule has 13 rings (SSSR count). The van der Waals surface area contributed by atoms with Crippen molar-refractivity contribution in [3.8, 4) is 17.2 Å². The van der Waals surface area contributed by atoms with Crippen LogP contribution in [0.4, 0.5) is 0 Å². The first-order chi connectivity index (χ1) is 54.3. The Kier molecular flexibility index (Phi) is 50.4. The molecule has 115 heavy (non-hydrogen) atoms. The predicted molar refractivity (Wildman–Crippen MR) is 462 cm³/mol. The van der Waals surface area contributed by atoms with E-state index in [9.17, 15) is 15.0 Å². The molecule has 6 aromatic rings. The molecular weight excluding hydrogens is 1440 g/mol. The molecular formula is C101H149NO13. The molecule has 14 heteroatoms. The fraction of sp³-hybridized carbons (Fsp3) is 0.594. The number of aliphatic carboxylic acids is 1. The topological polar surface area (TPSA) is 238 Å². The maximum absolute atomic E-state index is 12.1. The van der Waals surface area contributed by atoms with Gasteiger partial charge in [-0.3, -0.25) is 4.79 Å². The highest BCUT2D eigenvalue weighted by atomic mass is 16.4. The number of fused-ring (bicyclic) bond motifs is 7. The minimum absolute atomic E-state index is 0.0292. The second-order valence-electron chi connectivity index (χ2n) is 36.5. The smallest absolute Gasteiger partial charge is 0.373 e. The first kappa shape index (κ1) is 105. The number of hydrogen-bond donors (Lipinski definition) is 4. The highest BCUT2D eigenvalue weighted by Gasteiger charge is 2.49. The third-order valence-electron chi connectivity index (χ3n) is 26.3. The van der Waals surface area contributed by atoms with Crippen molar-refractivity contribution in [3.05, 3.63) is 197 Å². The molecule has 0 aromatic heterocycles. The van der Waals surface area contributed by atoms with Crippen LogP contribution in [0.3, 0.4) is 0 Å². The van der Waals surface area contributed by atoms with Gasteiger partial charge in [-0.05, 0) is 265 Å². The van der Waals surface area contributed by atoms with Crippen molar-refractivity contribution in [2.45, 2.75) is 254 Å². The van der Waals surface area contributed by atoms with Gasteiger partial charge in [-0.15, -0.1) is 0 Å². The van der Waals surface area contributed by atoms with Gasteiger partial charge in [0.25, 0.3) is 0 Å². The summed E-state index contributed by atoms with van der Waals surface area (Å²) in [4.78, 5) is 79.7. The lowest BCUT2D eigenvalue weighted by Gasteiger charge is -2.46. The van der Waals surface area contributed by atoms with Gasteiger partial charge >= 0.3 is 30.6 Å². The van der Waals surface area contributed by atoms with Crippen LogP contribution in [-0.4, -0.2) is 75.5 Å². The summed E-state index contributed by atoms with van der Waals surface area (Å²) in [5.41, 5.74) is 7.07. The monoisotopic (exact) mass is 1580 g/mol. The maximum Gasteiger partial charge on any atom is 0.373 e. The van der Waals surface area contributed by atoms with Gasteiger partial charge in [-0.1, -0.05) is 305 Å². The quantitative estimate of drug-likeness (QED) is 0.0552. The summed E-state index contributed by atoms with van der Waals surface area (Å²) >= 11 is 0. The number of benzene rings is 6. The lowest BCUT2D eigenvalue weighted by atomic mass is 9.67. The molecule has 14 nitrogen and oxygen atoms in total. The van der Waals surface area contributed by atoms with Gasteiger partial charge in [0.1, 0.15) is 11.2 Å². The van der Waals surface area contributed by atoms with Crippen molar-refractivity contribution in [2.24, 2.45) is 111 Å². The number of phenolic OH excluding ortho intramolecular Hbond substituents is 3. The van der Waals surface area contributed by atoms with Crippen LogP contribution >= 0.6 is 0 Å². The molecule has 3 saturated heterocycles. The van der Waals surface area contributed by atoms with Crippen LogP contribution in [0, 0.1) is 111 Å². The molecule has 6 aromatic carbocycles. The molecule has 636 valence electrons. The van der Waals surface area contributed by atoms with E-state index in [-0.39, 0.29) is 42.0 Å². The Balaban J connectivity index is 0.000000647. The van der Waals surface area contributed by atoms with Crippen LogP contribution in [0.25, 0.3) is 0 Å². The first-order valence-electron chi connectivity index (χ1n) is 42.7. The van der Waals surface area contributed by atoms with Crippen molar-refractivity contribution < 1.29 is 63.6 Å². The van der Waals surface area contributed by atoms with E-state index in [1.807, 2.05) is 92.7 Å². The van der Waals surface area contributed by atoms with E-state index in [0.717, 1.165) is 106 Å². The molecule has 0 amide bonds. The number of carbonyl (C=O) groups is 1. The number of carboxylic acids is 1. The molecule has 10 unspecified atom stereocenters. The van der Waals surface area contributed by atoms with Gasteiger partial charge in [0.2, 0.25) is 0 Å². The minimum atomic E-state index is -0.998. The number of hydrogen-bond acceptors (Lipinski definition) is 13. The number of aromatic hydroxyl groups is 3. The number of piperidine rings is 3. The average molecular weight is 1590 g/mol. The zero-order valence-electron chi connectivity index (χ0n) is 74.4. The van der Waals surface area contributed by atoms with Crippen LogP contribution < -0.4 is 0 Å². The summed E-state index contributed by atoms with van der Waals surface area (Å²) in [6, 6.07) is 53.0. The number of carbonyl (C=O) groups excluding carboxylic acids is 8. The van der Waals surface area contributed by atoms with E-state index in [1.165, 1.54) is 87.3 Å². The molecule has 7 fully saturated rings. The largest absolute Gasteiger partial charge is 0.508 e. The van der Waals surface area contributed by atoms with Crippen LogP contribution in [0.15, 0.2) is 164 Å². The molecule has 6 bridgehead atoms. The zero-order chi connectivity index (χ0) is 87.2. The molecule has 10 atom stereocenters. The third-order valence-corrected chi connectivity index (χ3v) is 26.3. The van der Waals surface area contributed by atoms with E-state index in [0.29, 0.717) is 40.3 Å². The SMILES string of the molecule is CC(C)C(C(=O)O)(c1ccccc1)c1ccccc1.CC(C)C(C)(C)Cc1ccccc1.CC(C)C(C)Cc1ccc(O)c(O)c1.CC(C)C(C)Cc1ccc(O)cc1.CC(C)C1(C)CC2CCC1C2.CC(C)C1CC2CCC1C2.CC(C)C1CN2CCC1CC2.CCC(c1ccccc1)C(C)C.O=C=O.O=C=O.O=C=O.O=C=O. The molecule has 3 heterocycles. The summed E-state index contributed by atoms with van der Waals surface area (Å²) in [6.45, 7) is 54.4. The number of nitrogens with zero attached hydrogens (tertiary/aromatic N) is 1. The lowest BCUT2D eigenvalue weighted by Crippen LogP contribution is -2.48. The normalized spacial score (nSPS) is 20.8. The van der Waals surface area contributed by atoms with Crippen LogP contribution in [0.1, 0.15) is 262 Å². The average Bonchev–Trinajstić information content (AvgIpc) is 1.05. The second kappa shape index (κ2) is 55.3. The first-order valence-corrected chi connectivity index (χ1v) is 42.7. The molecule has 3 aliphatic heterocycles. The third kappa shape index (κ3) is 36.4. The van der Waals surface area contributed by atoms with Crippen LogP contribution in [-0.2, 0) is 67.8 Å². The predicted octanol–water partition coefficient (Wildman–Crippen LogP) is 23.8. The van der Waals surface area contributed by atoms with E-state index in [4.69, 9.17) is 48.6 Å². The fourth-order valence-electron chi connectivity index (χ4n) is 17.6. The van der Waals surface area contributed by atoms with Crippen molar-refractivity contribution >= 4 is 30.6 Å². The fourth-order valence-corrected chi connectivity index (χ4v) is 17.6. The molecule has 7 aliphatic rings. The standard InChI is InChI=1S/C17H18O2.C13H20.C12H18O2.C12H18O.C12H18.C11H20.C10H19N.C10H18.4CO2/c1-13(2)17(16(18)19,14-9-5-3-6-10-14)15-11-7-4-8-12-15;1-11(2)13(3,4)10-12-8-6-5-7-9-12;1-8(2)9(3)6-10-4-5-11(13)12(14)7-10;1-9(2)10(3)8-11-4-6-12(13)7-5-11;1-4-12(10(2)3)11-8-6-5-7-9-11;1-8(2)11(3)7-9-4-5-10(11)6-9;1-8(2)10-7-11-5-3-9(10)4-6-11;1-7(2)10-6-8-3-4-9(10)5-8;4*2-1-3/h3-13H,1-2H3,(H,18,19);5-9,11H,10H2,1-4H3;4-5,7-9,13-14H,6H2,1-3H3;4-7,9-10,13H,8H2,1-3H3;5-10,12H,4H2,1-3H3;8-10H,4-7H2,1-3H3;8-10H,3-7H2,1-2H3;7-10H,3-6H2,1-2H3;;;;. The van der Waals surface area contributed by atoms with E-state index >= 15 is 0 Å². The van der Waals surface area contributed by atoms with Gasteiger partial charge in [0.15, 0.2) is 11.5 Å². The van der Waals surface area contributed by atoms with Crippen LogP contribution in [0.2, 0.25) is 0 Å². The Hall–Kier alpha value is -8.33. The number of rotatable bonds is 19. The van der Waals surface area contributed by atoms with E-state index < -0.39 is 11.4 Å². The van der Waals surface area contributed by atoms with Gasteiger partial charge in [0, 0.05) is 6.54 Å². The molecule has 0 radical (unpaired) electrons. The van der Waals surface area contributed by atoms with Crippen molar-refractivity contribution in [1.82, 2.24) is 4.90 Å². The molecule has 4 saturated carbocycles. The minimum Gasteiger partial charge on any atom is -0.508 e. The van der Waals surface area contributed by atoms with Gasteiger partial charge in [-0.25, -0.2) is 0 Å². The highest BCUT2D eigenvalue weighted by Crippen LogP contribution is 2.59. The van der Waals surface area contributed by atoms with Crippen molar-refractivity contribution in [3.63, 3.8) is 0 Å².